The molecule has 1 heterocycles. The van der Waals surface area contributed by atoms with Gasteiger partial charge in [0.05, 0.1) is 12.7 Å². The van der Waals surface area contributed by atoms with Gasteiger partial charge in [-0.3, -0.25) is 15.0 Å². The molecule has 22 heavy (non-hydrogen) atoms. The van der Waals surface area contributed by atoms with Crippen LogP contribution < -0.4 is 5.32 Å². The molecule has 2 N–H and O–H groups in total. The van der Waals surface area contributed by atoms with Crippen LogP contribution in [-0.4, -0.2) is 41.8 Å². The number of carbonyl (C=O) groups is 1. The molecule has 1 saturated carbocycles. The fourth-order valence-electron chi connectivity index (χ4n) is 4.40. The lowest BCUT2D eigenvalue weighted by molar-refractivity contribution is -0.139. The van der Waals surface area contributed by atoms with Gasteiger partial charge < -0.3 is 5.11 Å². The van der Waals surface area contributed by atoms with Crippen LogP contribution in [0.15, 0.2) is 0 Å². The maximum Gasteiger partial charge on any atom is 0.317 e. The third-order valence-corrected chi connectivity index (χ3v) is 5.69. The van der Waals surface area contributed by atoms with E-state index in [1.807, 2.05) is 11.9 Å². The minimum Gasteiger partial charge on any atom is -0.480 e. The average molecular weight is 310 g/mol. The lowest BCUT2D eigenvalue weighted by atomic mass is 9.72. The number of unbranched alkanes of at least 4 members (excludes halogenated alkanes) is 3. The van der Waals surface area contributed by atoms with Crippen LogP contribution >= 0.6 is 0 Å². The van der Waals surface area contributed by atoms with E-state index in [9.17, 15) is 4.79 Å². The Kier molecular flexibility index (Phi) is 7.16. The first-order valence-corrected chi connectivity index (χ1v) is 9.28. The van der Waals surface area contributed by atoms with Crippen LogP contribution in [0.2, 0.25) is 0 Å². The van der Waals surface area contributed by atoms with Gasteiger partial charge in [0.2, 0.25) is 0 Å². The van der Waals surface area contributed by atoms with E-state index in [2.05, 4.69) is 12.2 Å². The van der Waals surface area contributed by atoms with Gasteiger partial charge in [0.1, 0.15) is 0 Å². The molecule has 0 aromatic carbocycles. The molecule has 0 aromatic heterocycles. The lowest BCUT2D eigenvalue weighted by Crippen LogP contribution is -2.56. The summed E-state index contributed by atoms with van der Waals surface area (Å²) in [5, 5.41) is 12.7. The summed E-state index contributed by atoms with van der Waals surface area (Å²) in [5.41, 5.74) is 0. The number of likely N-dealkylation sites (N-methyl/N-ethyl adjacent to an activating group) is 1. The molecule has 1 aliphatic carbocycles. The molecule has 4 unspecified atom stereocenters. The Balaban J connectivity index is 1.72. The van der Waals surface area contributed by atoms with Gasteiger partial charge in [-0.2, -0.15) is 0 Å². The van der Waals surface area contributed by atoms with Gasteiger partial charge in [-0.25, -0.2) is 0 Å². The predicted molar refractivity (Wildman–Crippen MR) is 89.8 cm³/mol. The highest BCUT2D eigenvalue weighted by Crippen LogP contribution is 2.38. The van der Waals surface area contributed by atoms with Crippen LogP contribution in [-0.2, 0) is 4.79 Å². The Morgan fingerprint density at radius 3 is 2.73 bits per heavy atom. The minimum atomic E-state index is -0.734. The summed E-state index contributed by atoms with van der Waals surface area (Å²) >= 11 is 0. The fourth-order valence-corrected chi connectivity index (χ4v) is 4.40. The lowest BCUT2D eigenvalue weighted by Gasteiger charge is -2.45. The highest BCUT2D eigenvalue weighted by Gasteiger charge is 2.36. The third-order valence-electron chi connectivity index (χ3n) is 5.69. The van der Waals surface area contributed by atoms with E-state index in [0.717, 1.165) is 18.3 Å². The van der Waals surface area contributed by atoms with Crippen molar-refractivity contribution in [3.63, 3.8) is 0 Å². The van der Waals surface area contributed by atoms with E-state index < -0.39 is 5.97 Å². The van der Waals surface area contributed by atoms with Crippen molar-refractivity contribution in [2.24, 2.45) is 11.8 Å². The molecule has 2 fully saturated rings. The largest absolute Gasteiger partial charge is 0.480 e. The first-order valence-electron chi connectivity index (χ1n) is 9.28. The number of nitrogens with one attached hydrogen (secondary N) is 1. The molecule has 4 heteroatoms. The zero-order valence-corrected chi connectivity index (χ0v) is 14.4. The molecule has 4 atom stereocenters. The number of carboxylic acids is 1. The van der Waals surface area contributed by atoms with Gasteiger partial charge in [0.15, 0.2) is 0 Å². The Morgan fingerprint density at radius 1 is 1.18 bits per heavy atom. The molecule has 0 aromatic rings. The van der Waals surface area contributed by atoms with Crippen LogP contribution in [0, 0.1) is 11.8 Å². The summed E-state index contributed by atoms with van der Waals surface area (Å²) < 4.78 is 0. The van der Waals surface area contributed by atoms with E-state index in [4.69, 9.17) is 5.11 Å². The smallest absolute Gasteiger partial charge is 0.317 e. The number of hydrogen-bond acceptors (Lipinski definition) is 3. The standard InChI is InChI=1S/C18H34N2O2/c1-3-4-5-6-7-14-8-10-16-15(12-14)9-11-17(19-16)20(2)13-18(21)22/h14-17,19H,3-13H2,1-2H3,(H,21,22). The Hall–Kier alpha value is -0.610. The van der Waals surface area contributed by atoms with Crippen molar-refractivity contribution in [1.29, 1.82) is 0 Å². The van der Waals surface area contributed by atoms with E-state index in [-0.39, 0.29) is 12.7 Å². The van der Waals surface area contributed by atoms with Gasteiger partial charge in [0, 0.05) is 6.04 Å². The number of hydrogen-bond donors (Lipinski definition) is 2. The average Bonchev–Trinajstić information content (AvgIpc) is 2.50. The van der Waals surface area contributed by atoms with Crippen molar-refractivity contribution in [3.05, 3.63) is 0 Å². The normalized spacial score (nSPS) is 32.0. The van der Waals surface area contributed by atoms with Crippen LogP contribution in [0.4, 0.5) is 0 Å². The van der Waals surface area contributed by atoms with Gasteiger partial charge in [-0.15, -0.1) is 0 Å². The maximum atomic E-state index is 10.9. The monoisotopic (exact) mass is 310 g/mol. The summed E-state index contributed by atoms with van der Waals surface area (Å²) in [5.74, 6) is 1.02. The first-order chi connectivity index (χ1) is 10.6. The topological polar surface area (TPSA) is 52.6 Å². The molecular weight excluding hydrogens is 276 g/mol. The number of fused-ring (bicyclic) bond motifs is 1. The Labute approximate surface area is 135 Å². The zero-order chi connectivity index (χ0) is 15.9. The summed E-state index contributed by atoms with van der Waals surface area (Å²) in [6, 6.07) is 0.613. The summed E-state index contributed by atoms with van der Waals surface area (Å²) in [6.45, 7) is 2.41. The first kappa shape index (κ1) is 17.7. The van der Waals surface area contributed by atoms with E-state index in [0.29, 0.717) is 6.04 Å². The molecule has 1 aliphatic heterocycles. The van der Waals surface area contributed by atoms with Gasteiger partial charge in [-0.1, -0.05) is 39.0 Å². The molecule has 1 saturated heterocycles. The second-order valence-electron chi connectivity index (χ2n) is 7.46. The molecule has 4 nitrogen and oxygen atoms in total. The number of carboxylic acid groups (broad SMARTS) is 1. The second-order valence-corrected chi connectivity index (χ2v) is 7.46. The van der Waals surface area contributed by atoms with E-state index >= 15 is 0 Å². The minimum absolute atomic E-state index is 0.134. The number of aliphatic carboxylic acids is 1. The molecule has 0 bridgehead atoms. The number of rotatable bonds is 8. The number of nitrogens with zero attached hydrogens (tertiary/aromatic N) is 1. The van der Waals surface area contributed by atoms with E-state index in [1.165, 1.54) is 57.8 Å². The maximum absolute atomic E-state index is 10.9. The molecule has 2 rings (SSSR count). The second kappa shape index (κ2) is 8.88. The summed E-state index contributed by atoms with van der Waals surface area (Å²) in [7, 11) is 1.92. The molecule has 0 amide bonds. The van der Waals surface area contributed by atoms with Crippen molar-refractivity contribution in [2.45, 2.75) is 83.3 Å². The van der Waals surface area contributed by atoms with E-state index in [1.54, 1.807) is 0 Å². The quantitative estimate of drug-likeness (QED) is 0.674. The highest BCUT2D eigenvalue weighted by atomic mass is 16.4. The predicted octanol–water partition coefficient (Wildman–Crippen LogP) is 3.47. The summed E-state index contributed by atoms with van der Waals surface area (Å²) in [6.07, 6.45) is 13.6. The van der Waals surface area contributed by atoms with Crippen molar-refractivity contribution >= 4 is 5.97 Å². The molecule has 0 spiro atoms. The Morgan fingerprint density at radius 2 is 2.00 bits per heavy atom. The van der Waals surface area contributed by atoms with Gasteiger partial charge >= 0.3 is 5.97 Å². The molecular formula is C18H34N2O2. The highest BCUT2D eigenvalue weighted by molar-refractivity contribution is 5.69. The Bertz CT molecular complexity index is 348. The fraction of sp³-hybridized carbons (Fsp3) is 0.944. The van der Waals surface area contributed by atoms with Gasteiger partial charge in [-0.05, 0) is 51.0 Å². The van der Waals surface area contributed by atoms with Crippen molar-refractivity contribution < 1.29 is 9.90 Å². The third kappa shape index (κ3) is 5.24. The SMILES string of the molecule is CCCCCCC1CCC2NC(N(C)CC(=O)O)CCC2C1. The van der Waals surface area contributed by atoms with Crippen molar-refractivity contribution in [2.75, 3.05) is 13.6 Å². The molecule has 0 radical (unpaired) electrons. The summed E-state index contributed by atoms with van der Waals surface area (Å²) in [4.78, 5) is 12.8. The molecule has 128 valence electrons. The van der Waals surface area contributed by atoms with Crippen LogP contribution in [0.25, 0.3) is 0 Å². The number of piperidine rings is 1. The molecule has 2 aliphatic rings. The van der Waals surface area contributed by atoms with Gasteiger partial charge in [0.25, 0.3) is 0 Å². The van der Waals surface area contributed by atoms with Crippen molar-refractivity contribution in [1.82, 2.24) is 10.2 Å². The van der Waals surface area contributed by atoms with Crippen LogP contribution in [0.1, 0.15) is 71.1 Å². The zero-order valence-electron chi connectivity index (χ0n) is 14.4. The van der Waals surface area contributed by atoms with Crippen LogP contribution in [0.5, 0.6) is 0 Å². The van der Waals surface area contributed by atoms with Crippen LogP contribution in [0.3, 0.4) is 0 Å². The van der Waals surface area contributed by atoms with Crippen molar-refractivity contribution in [3.8, 4) is 0 Å².